The Morgan fingerprint density at radius 2 is 1.87 bits per heavy atom. The second kappa shape index (κ2) is 7.68. The molecule has 2 aromatic carbocycles. The van der Waals surface area contributed by atoms with Crippen molar-refractivity contribution in [2.45, 2.75) is 13.8 Å². The molecule has 6 nitrogen and oxygen atoms in total. The van der Waals surface area contributed by atoms with Crippen molar-refractivity contribution >= 4 is 40.6 Å². The maximum atomic E-state index is 12.9. The summed E-state index contributed by atoms with van der Waals surface area (Å²) in [5.41, 5.74) is 3.41. The number of carboxylic acids is 1. The Kier molecular flexibility index (Phi) is 5.05. The van der Waals surface area contributed by atoms with Crippen molar-refractivity contribution in [2.24, 2.45) is 0 Å². The van der Waals surface area contributed by atoms with Crippen LogP contribution in [-0.4, -0.2) is 22.2 Å². The van der Waals surface area contributed by atoms with Crippen LogP contribution in [0.1, 0.15) is 27.2 Å². The van der Waals surface area contributed by atoms with Crippen molar-refractivity contribution in [1.82, 2.24) is 0 Å². The molecule has 1 fully saturated rings. The molecule has 150 valence electrons. The first kappa shape index (κ1) is 19.7. The summed E-state index contributed by atoms with van der Waals surface area (Å²) in [7, 11) is 0. The maximum Gasteiger partial charge on any atom is 0.336 e. The standard InChI is InChI=1S/C23H18N2O4S/c1-13-7-8-15(11-14(13)2)25-21(26)20(30-23(25)24)12-16-9-10-19(29-16)17-5-3-4-6-18(17)22(27)28/h3-12,24H,1-2H3,(H,27,28)/b20-12-,24-23?. The van der Waals surface area contributed by atoms with Crippen molar-refractivity contribution in [2.75, 3.05) is 4.90 Å². The minimum atomic E-state index is -1.04. The first-order chi connectivity index (χ1) is 14.3. The third kappa shape index (κ3) is 3.55. The number of amides is 1. The van der Waals surface area contributed by atoms with Gasteiger partial charge in [-0.15, -0.1) is 0 Å². The Morgan fingerprint density at radius 1 is 1.10 bits per heavy atom. The van der Waals surface area contributed by atoms with Gasteiger partial charge in [-0.1, -0.05) is 24.3 Å². The Hall–Kier alpha value is -3.58. The zero-order valence-electron chi connectivity index (χ0n) is 16.3. The smallest absolute Gasteiger partial charge is 0.336 e. The summed E-state index contributed by atoms with van der Waals surface area (Å²) in [5, 5.41) is 17.7. The summed E-state index contributed by atoms with van der Waals surface area (Å²) in [6.07, 6.45) is 1.58. The van der Waals surface area contributed by atoms with Gasteiger partial charge in [-0.05, 0) is 67.1 Å². The fourth-order valence-electron chi connectivity index (χ4n) is 3.18. The summed E-state index contributed by atoms with van der Waals surface area (Å²) in [4.78, 5) is 26.1. The van der Waals surface area contributed by atoms with E-state index in [9.17, 15) is 14.7 Å². The molecule has 0 atom stereocenters. The number of furan rings is 1. The number of amidine groups is 1. The van der Waals surface area contributed by atoms with E-state index in [2.05, 4.69) is 0 Å². The van der Waals surface area contributed by atoms with E-state index in [1.807, 2.05) is 32.0 Å². The van der Waals surface area contributed by atoms with Crippen molar-refractivity contribution in [1.29, 1.82) is 5.41 Å². The number of hydrogen-bond donors (Lipinski definition) is 2. The number of nitrogens with zero attached hydrogens (tertiary/aromatic N) is 1. The molecule has 4 rings (SSSR count). The number of nitrogens with one attached hydrogen (secondary N) is 1. The molecule has 0 aliphatic carbocycles. The summed E-state index contributed by atoms with van der Waals surface area (Å²) in [6.45, 7) is 3.96. The molecular formula is C23H18N2O4S. The van der Waals surface area contributed by atoms with E-state index in [0.717, 1.165) is 22.9 Å². The van der Waals surface area contributed by atoms with E-state index in [-0.39, 0.29) is 16.6 Å². The van der Waals surface area contributed by atoms with E-state index >= 15 is 0 Å². The zero-order chi connectivity index (χ0) is 21.4. The largest absolute Gasteiger partial charge is 0.478 e. The highest BCUT2D eigenvalue weighted by atomic mass is 32.2. The van der Waals surface area contributed by atoms with Gasteiger partial charge in [0.25, 0.3) is 5.91 Å². The molecule has 1 aliphatic heterocycles. The van der Waals surface area contributed by atoms with Gasteiger partial charge in [0.15, 0.2) is 5.17 Å². The van der Waals surface area contributed by atoms with Crippen molar-refractivity contribution < 1.29 is 19.1 Å². The van der Waals surface area contributed by atoms with Crippen molar-refractivity contribution in [3.8, 4) is 11.3 Å². The van der Waals surface area contributed by atoms with Crippen LogP contribution in [-0.2, 0) is 4.79 Å². The monoisotopic (exact) mass is 418 g/mol. The normalized spacial score (nSPS) is 15.3. The Morgan fingerprint density at radius 3 is 2.60 bits per heavy atom. The summed E-state index contributed by atoms with van der Waals surface area (Å²) >= 11 is 1.06. The van der Waals surface area contributed by atoms with Crippen LogP contribution in [0, 0.1) is 19.3 Å². The Labute approximate surface area is 177 Å². The molecule has 7 heteroatoms. The molecule has 2 heterocycles. The first-order valence-corrected chi connectivity index (χ1v) is 9.99. The second-order valence-corrected chi connectivity index (χ2v) is 7.91. The molecule has 2 N–H and O–H groups in total. The predicted molar refractivity (Wildman–Crippen MR) is 118 cm³/mol. The minimum Gasteiger partial charge on any atom is -0.478 e. The third-order valence-electron chi connectivity index (χ3n) is 4.90. The molecule has 0 radical (unpaired) electrons. The predicted octanol–water partition coefficient (Wildman–Crippen LogP) is 5.32. The van der Waals surface area contributed by atoms with Gasteiger partial charge in [0.05, 0.1) is 16.2 Å². The van der Waals surface area contributed by atoms with Gasteiger partial charge < -0.3 is 9.52 Å². The average Bonchev–Trinajstić information content (AvgIpc) is 3.29. The SMILES string of the molecule is Cc1ccc(N2C(=N)S/C(=C\c3ccc(-c4ccccc4C(=O)O)o3)C2=O)cc1C. The quantitative estimate of drug-likeness (QED) is 0.560. The van der Waals surface area contributed by atoms with E-state index in [4.69, 9.17) is 9.83 Å². The molecule has 1 aromatic heterocycles. The summed E-state index contributed by atoms with van der Waals surface area (Å²) in [6, 6.07) is 15.6. The number of carboxylic acid groups (broad SMARTS) is 1. The first-order valence-electron chi connectivity index (χ1n) is 9.17. The highest BCUT2D eigenvalue weighted by Crippen LogP contribution is 2.36. The molecule has 1 amide bonds. The minimum absolute atomic E-state index is 0.123. The number of rotatable bonds is 4. The van der Waals surface area contributed by atoms with Crippen LogP contribution in [0.25, 0.3) is 17.4 Å². The molecule has 0 bridgehead atoms. The van der Waals surface area contributed by atoms with Gasteiger partial charge in [-0.3, -0.25) is 15.1 Å². The van der Waals surface area contributed by atoms with Crippen molar-refractivity contribution in [3.05, 3.63) is 82.0 Å². The van der Waals surface area contributed by atoms with Crippen LogP contribution < -0.4 is 4.90 Å². The molecule has 3 aromatic rings. The van der Waals surface area contributed by atoms with Crippen LogP contribution in [0.5, 0.6) is 0 Å². The van der Waals surface area contributed by atoms with Gasteiger partial charge in [0, 0.05) is 11.6 Å². The summed E-state index contributed by atoms with van der Waals surface area (Å²) in [5.74, 6) is -0.523. The number of thioether (sulfide) groups is 1. The van der Waals surface area contributed by atoms with Crippen LogP contribution in [0.3, 0.4) is 0 Å². The van der Waals surface area contributed by atoms with Crippen molar-refractivity contribution in [3.63, 3.8) is 0 Å². The lowest BCUT2D eigenvalue weighted by Gasteiger charge is -2.15. The lowest BCUT2D eigenvalue weighted by Crippen LogP contribution is -2.28. The molecule has 1 saturated heterocycles. The molecule has 0 unspecified atom stereocenters. The maximum absolute atomic E-state index is 12.9. The van der Waals surface area contributed by atoms with E-state index < -0.39 is 5.97 Å². The fraction of sp³-hybridized carbons (Fsp3) is 0.0870. The zero-order valence-corrected chi connectivity index (χ0v) is 17.1. The van der Waals surface area contributed by atoms with Gasteiger partial charge in [-0.2, -0.15) is 0 Å². The van der Waals surface area contributed by atoms with Gasteiger partial charge in [-0.25, -0.2) is 4.79 Å². The Bertz CT molecular complexity index is 1230. The number of aryl methyl sites for hydroxylation is 2. The molecule has 0 spiro atoms. The van der Waals surface area contributed by atoms with Crippen LogP contribution in [0.15, 0.2) is 63.9 Å². The topological polar surface area (TPSA) is 94.6 Å². The lowest BCUT2D eigenvalue weighted by molar-refractivity contribution is -0.113. The highest BCUT2D eigenvalue weighted by molar-refractivity contribution is 8.19. The van der Waals surface area contributed by atoms with Gasteiger partial charge >= 0.3 is 5.97 Å². The van der Waals surface area contributed by atoms with E-state index in [1.54, 1.807) is 36.4 Å². The number of carbonyl (C=O) groups excluding carboxylic acids is 1. The molecule has 30 heavy (non-hydrogen) atoms. The van der Waals surface area contributed by atoms with E-state index in [0.29, 0.717) is 27.7 Å². The van der Waals surface area contributed by atoms with Gasteiger partial charge in [0.1, 0.15) is 11.5 Å². The second-order valence-electron chi connectivity index (χ2n) is 6.88. The number of aromatic carboxylic acids is 1. The van der Waals surface area contributed by atoms with Crippen LogP contribution in [0.4, 0.5) is 5.69 Å². The molecular weight excluding hydrogens is 400 g/mol. The number of benzene rings is 2. The van der Waals surface area contributed by atoms with Crippen LogP contribution in [0.2, 0.25) is 0 Å². The van der Waals surface area contributed by atoms with E-state index in [1.165, 1.54) is 11.0 Å². The van der Waals surface area contributed by atoms with Gasteiger partial charge in [0.2, 0.25) is 0 Å². The number of carbonyl (C=O) groups is 2. The lowest BCUT2D eigenvalue weighted by atomic mass is 10.1. The fourth-order valence-corrected chi connectivity index (χ4v) is 4.02. The number of anilines is 1. The highest BCUT2D eigenvalue weighted by Gasteiger charge is 2.34. The van der Waals surface area contributed by atoms with Crippen LogP contribution >= 0.6 is 11.8 Å². The Balaban J connectivity index is 1.64. The summed E-state index contributed by atoms with van der Waals surface area (Å²) < 4.78 is 5.79. The molecule has 1 aliphatic rings. The number of hydrogen-bond acceptors (Lipinski definition) is 5. The molecule has 0 saturated carbocycles. The average molecular weight is 418 g/mol. The third-order valence-corrected chi connectivity index (χ3v) is 5.78.